The summed E-state index contributed by atoms with van der Waals surface area (Å²) in [6.45, 7) is 1.73. The Labute approximate surface area is 117 Å². The Kier molecular flexibility index (Phi) is 3.74. The molecule has 0 amide bonds. The molecular formula is C11H9BrFNO2S2. The van der Waals surface area contributed by atoms with E-state index < -0.39 is 15.8 Å². The molecule has 0 saturated heterocycles. The third kappa shape index (κ3) is 2.90. The second-order valence-electron chi connectivity index (χ2n) is 3.65. The fourth-order valence-electron chi connectivity index (χ4n) is 1.34. The van der Waals surface area contributed by atoms with Crippen LogP contribution in [-0.2, 0) is 10.0 Å². The summed E-state index contributed by atoms with van der Waals surface area (Å²) in [6, 6.07) is 7.42. The Morgan fingerprint density at radius 1 is 1.28 bits per heavy atom. The number of sulfonamides is 1. The van der Waals surface area contributed by atoms with Crippen molar-refractivity contribution in [3.8, 4) is 0 Å². The monoisotopic (exact) mass is 349 g/mol. The Morgan fingerprint density at radius 3 is 2.56 bits per heavy atom. The van der Waals surface area contributed by atoms with Gasteiger partial charge in [0, 0.05) is 0 Å². The zero-order valence-corrected chi connectivity index (χ0v) is 12.5. The lowest BCUT2D eigenvalue weighted by Crippen LogP contribution is -2.12. The van der Waals surface area contributed by atoms with Gasteiger partial charge in [0.1, 0.15) is 10.0 Å². The molecule has 1 heterocycles. The van der Waals surface area contributed by atoms with Gasteiger partial charge in [0.15, 0.2) is 0 Å². The summed E-state index contributed by atoms with van der Waals surface area (Å²) in [7, 11) is -3.73. The van der Waals surface area contributed by atoms with Crippen molar-refractivity contribution < 1.29 is 12.8 Å². The highest BCUT2D eigenvalue weighted by molar-refractivity contribution is 9.11. The third-order valence-electron chi connectivity index (χ3n) is 2.18. The summed E-state index contributed by atoms with van der Waals surface area (Å²) in [5.41, 5.74) is 0.680. The minimum atomic E-state index is -3.73. The van der Waals surface area contributed by atoms with Gasteiger partial charge < -0.3 is 0 Å². The number of rotatable bonds is 3. The van der Waals surface area contributed by atoms with Gasteiger partial charge in [0.05, 0.1) is 9.47 Å². The normalized spacial score (nSPS) is 11.5. The zero-order chi connectivity index (χ0) is 13.3. The van der Waals surface area contributed by atoms with E-state index in [9.17, 15) is 12.8 Å². The summed E-state index contributed by atoms with van der Waals surface area (Å²) >= 11 is 4.25. The van der Waals surface area contributed by atoms with Gasteiger partial charge in [-0.2, -0.15) is 0 Å². The first kappa shape index (κ1) is 13.5. The fraction of sp³-hybridized carbons (Fsp3) is 0.0909. The smallest absolute Gasteiger partial charge is 0.271 e. The second-order valence-corrected chi connectivity index (χ2v) is 8.02. The predicted molar refractivity (Wildman–Crippen MR) is 74.0 cm³/mol. The van der Waals surface area contributed by atoms with E-state index in [1.165, 1.54) is 18.2 Å². The molecule has 0 aliphatic heterocycles. The molecule has 1 aromatic carbocycles. The molecule has 7 heteroatoms. The van der Waals surface area contributed by atoms with E-state index in [1.807, 2.05) is 0 Å². The number of thiophene rings is 1. The summed E-state index contributed by atoms with van der Waals surface area (Å²) in [4.78, 5) is 0. The van der Waals surface area contributed by atoms with Crippen LogP contribution in [0.15, 0.2) is 38.3 Å². The first-order chi connectivity index (χ1) is 8.38. The standard InChI is InChI=1S/C11H9BrFNO2S2/c1-7-2-3-9(8(13)6-7)14-18(15,16)11-5-4-10(12)17-11/h2-6,14H,1H3. The van der Waals surface area contributed by atoms with E-state index >= 15 is 0 Å². The van der Waals surface area contributed by atoms with E-state index in [2.05, 4.69) is 20.7 Å². The summed E-state index contributed by atoms with van der Waals surface area (Å²) in [5.74, 6) is -0.589. The van der Waals surface area contributed by atoms with Crippen LogP contribution in [0, 0.1) is 12.7 Å². The lowest BCUT2D eigenvalue weighted by Gasteiger charge is -2.07. The average Bonchev–Trinajstić information content (AvgIpc) is 2.70. The van der Waals surface area contributed by atoms with E-state index in [4.69, 9.17) is 0 Å². The molecule has 0 bridgehead atoms. The largest absolute Gasteiger partial charge is 0.276 e. The maximum Gasteiger partial charge on any atom is 0.271 e. The highest BCUT2D eigenvalue weighted by atomic mass is 79.9. The fourth-order valence-corrected chi connectivity index (χ4v) is 4.42. The SMILES string of the molecule is Cc1ccc(NS(=O)(=O)c2ccc(Br)s2)c(F)c1. The summed E-state index contributed by atoms with van der Waals surface area (Å²) in [5, 5.41) is 0. The Balaban J connectivity index is 2.33. The molecule has 1 aromatic heterocycles. The molecule has 0 atom stereocenters. The zero-order valence-electron chi connectivity index (χ0n) is 9.28. The van der Waals surface area contributed by atoms with Crippen molar-refractivity contribution in [1.82, 2.24) is 0 Å². The molecule has 2 aromatic rings. The van der Waals surface area contributed by atoms with Crippen LogP contribution < -0.4 is 4.72 Å². The van der Waals surface area contributed by atoms with Gasteiger partial charge in [-0.05, 0) is 52.7 Å². The van der Waals surface area contributed by atoms with Crippen LogP contribution in [0.2, 0.25) is 0 Å². The number of halogens is 2. The van der Waals surface area contributed by atoms with Crippen LogP contribution in [-0.4, -0.2) is 8.42 Å². The lowest BCUT2D eigenvalue weighted by molar-refractivity contribution is 0.600. The third-order valence-corrected chi connectivity index (χ3v) is 5.66. The van der Waals surface area contributed by atoms with E-state index in [-0.39, 0.29) is 9.90 Å². The maximum absolute atomic E-state index is 13.6. The molecule has 0 spiro atoms. The van der Waals surface area contributed by atoms with Crippen molar-refractivity contribution in [2.45, 2.75) is 11.1 Å². The van der Waals surface area contributed by atoms with Crippen LogP contribution >= 0.6 is 27.3 Å². The lowest BCUT2D eigenvalue weighted by atomic mass is 10.2. The van der Waals surface area contributed by atoms with Gasteiger partial charge in [-0.15, -0.1) is 11.3 Å². The van der Waals surface area contributed by atoms with Crippen molar-refractivity contribution in [1.29, 1.82) is 0 Å². The maximum atomic E-state index is 13.6. The molecule has 3 nitrogen and oxygen atoms in total. The number of hydrogen-bond donors (Lipinski definition) is 1. The van der Waals surface area contributed by atoms with Gasteiger partial charge in [-0.25, -0.2) is 12.8 Å². The molecule has 0 unspecified atom stereocenters. The first-order valence-corrected chi connectivity index (χ1v) is 8.02. The molecule has 0 aliphatic rings. The van der Waals surface area contributed by atoms with Crippen LogP contribution in [0.5, 0.6) is 0 Å². The van der Waals surface area contributed by atoms with Crippen LogP contribution in [0.3, 0.4) is 0 Å². The molecule has 0 radical (unpaired) electrons. The van der Waals surface area contributed by atoms with Gasteiger partial charge in [0.2, 0.25) is 0 Å². The van der Waals surface area contributed by atoms with Crippen molar-refractivity contribution >= 4 is 43.0 Å². The first-order valence-electron chi connectivity index (χ1n) is 4.93. The number of aryl methyl sites for hydroxylation is 1. The van der Waals surface area contributed by atoms with Gasteiger partial charge in [-0.1, -0.05) is 6.07 Å². The number of benzene rings is 1. The Bertz CT molecular complexity index is 682. The topological polar surface area (TPSA) is 46.2 Å². The van der Waals surface area contributed by atoms with Crippen LogP contribution in [0.1, 0.15) is 5.56 Å². The van der Waals surface area contributed by atoms with E-state index in [1.54, 1.807) is 19.1 Å². The van der Waals surface area contributed by atoms with Crippen molar-refractivity contribution in [3.05, 3.63) is 45.5 Å². The van der Waals surface area contributed by atoms with Crippen molar-refractivity contribution in [2.75, 3.05) is 4.72 Å². The number of hydrogen-bond acceptors (Lipinski definition) is 3. The molecule has 0 fully saturated rings. The quantitative estimate of drug-likeness (QED) is 0.916. The Morgan fingerprint density at radius 2 is 2.00 bits per heavy atom. The molecular weight excluding hydrogens is 341 g/mol. The molecule has 0 aliphatic carbocycles. The molecule has 0 saturated carbocycles. The minimum Gasteiger partial charge on any atom is -0.276 e. The van der Waals surface area contributed by atoms with Crippen LogP contribution in [0.25, 0.3) is 0 Å². The van der Waals surface area contributed by atoms with E-state index in [0.717, 1.165) is 16.9 Å². The highest BCUT2D eigenvalue weighted by Gasteiger charge is 2.18. The van der Waals surface area contributed by atoms with Crippen LogP contribution in [0.4, 0.5) is 10.1 Å². The minimum absolute atomic E-state index is 0.0508. The van der Waals surface area contributed by atoms with Crippen molar-refractivity contribution in [3.63, 3.8) is 0 Å². The molecule has 2 rings (SSSR count). The highest BCUT2D eigenvalue weighted by Crippen LogP contribution is 2.28. The molecule has 96 valence electrons. The number of anilines is 1. The summed E-state index contributed by atoms with van der Waals surface area (Å²) in [6.07, 6.45) is 0. The van der Waals surface area contributed by atoms with Gasteiger partial charge >= 0.3 is 0 Å². The second kappa shape index (κ2) is 4.99. The van der Waals surface area contributed by atoms with Gasteiger partial charge in [0.25, 0.3) is 10.0 Å². The van der Waals surface area contributed by atoms with Crippen molar-refractivity contribution in [2.24, 2.45) is 0 Å². The molecule has 18 heavy (non-hydrogen) atoms. The van der Waals surface area contributed by atoms with E-state index in [0.29, 0.717) is 3.79 Å². The summed E-state index contributed by atoms with van der Waals surface area (Å²) < 4.78 is 40.6. The van der Waals surface area contributed by atoms with Gasteiger partial charge in [-0.3, -0.25) is 4.72 Å². The molecule has 1 N–H and O–H groups in total. The predicted octanol–water partition coefficient (Wildman–Crippen LogP) is 3.76. The Hall–Kier alpha value is -0.920. The number of nitrogens with one attached hydrogen (secondary N) is 1. The average molecular weight is 350 g/mol.